The molecule has 1 aliphatic carbocycles. The standard InChI is InChI=1S/C25H50N8O/c1-17(2)33-24-22(14-29-33)21(25(34)28-13-20-12-27-16-32(20)4)11-23(30-24)19-7-5-6-18(10-19)15-31(3)9-8-26/h17-24,27,29-30H,5-16,26H2,1-4H3,(H,28,34). The Hall–Kier alpha value is -0.810. The molecule has 3 heterocycles. The highest BCUT2D eigenvalue weighted by Gasteiger charge is 2.49. The van der Waals surface area contributed by atoms with Gasteiger partial charge in [0.2, 0.25) is 5.91 Å². The molecule has 0 spiro atoms. The second kappa shape index (κ2) is 12.0. The van der Waals surface area contributed by atoms with Crippen molar-refractivity contribution in [2.45, 2.75) is 70.2 Å². The fourth-order valence-electron chi connectivity index (χ4n) is 6.95. The number of hydrazine groups is 1. The minimum Gasteiger partial charge on any atom is -0.354 e. The van der Waals surface area contributed by atoms with Gasteiger partial charge in [0.05, 0.1) is 6.17 Å². The summed E-state index contributed by atoms with van der Waals surface area (Å²) in [6.07, 6.45) is 6.32. The first-order valence-electron chi connectivity index (χ1n) is 13.7. The molecule has 0 aromatic rings. The number of hydrogen-bond acceptors (Lipinski definition) is 8. The van der Waals surface area contributed by atoms with Crippen molar-refractivity contribution in [3.05, 3.63) is 0 Å². The lowest BCUT2D eigenvalue weighted by molar-refractivity contribution is -0.129. The first kappa shape index (κ1) is 26.3. The summed E-state index contributed by atoms with van der Waals surface area (Å²) in [6, 6.07) is 1.18. The fraction of sp³-hybridized carbons (Fsp3) is 0.960. The molecule has 6 N–H and O–H groups in total. The van der Waals surface area contributed by atoms with Crippen LogP contribution < -0.4 is 27.1 Å². The molecule has 9 heteroatoms. The number of fused-ring (bicyclic) bond motifs is 1. The average molecular weight is 479 g/mol. The van der Waals surface area contributed by atoms with Gasteiger partial charge < -0.3 is 21.3 Å². The van der Waals surface area contributed by atoms with E-state index in [4.69, 9.17) is 5.73 Å². The largest absolute Gasteiger partial charge is 0.354 e. The van der Waals surface area contributed by atoms with Crippen molar-refractivity contribution in [3.63, 3.8) is 0 Å². The summed E-state index contributed by atoms with van der Waals surface area (Å²) in [7, 11) is 4.32. The normalized spacial score (nSPS) is 37.4. The van der Waals surface area contributed by atoms with Crippen molar-refractivity contribution < 1.29 is 4.79 Å². The summed E-state index contributed by atoms with van der Waals surface area (Å²) in [5.74, 6) is 2.00. The summed E-state index contributed by atoms with van der Waals surface area (Å²) < 4.78 is 0. The van der Waals surface area contributed by atoms with E-state index in [1.165, 1.54) is 25.7 Å². The smallest absolute Gasteiger partial charge is 0.223 e. The van der Waals surface area contributed by atoms with Crippen molar-refractivity contribution in [1.29, 1.82) is 0 Å². The lowest BCUT2D eigenvalue weighted by Crippen LogP contribution is -2.62. The summed E-state index contributed by atoms with van der Waals surface area (Å²) >= 11 is 0. The Balaban J connectivity index is 1.42. The first-order chi connectivity index (χ1) is 16.4. The molecule has 3 saturated heterocycles. The Morgan fingerprint density at radius 2 is 2.06 bits per heavy atom. The molecule has 1 amide bonds. The zero-order valence-corrected chi connectivity index (χ0v) is 21.9. The molecular weight excluding hydrogens is 428 g/mol. The molecule has 0 aromatic carbocycles. The predicted molar refractivity (Wildman–Crippen MR) is 137 cm³/mol. The second-order valence-electron chi connectivity index (χ2n) is 11.7. The van der Waals surface area contributed by atoms with Gasteiger partial charge in [-0.2, -0.15) is 0 Å². The third-order valence-corrected chi connectivity index (χ3v) is 8.87. The van der Waals surface area contributed by atoms with E-state index < -0.39 is 0 Å². The van der Waals surface area contributed by atoms with Gasteiger partial charge in [0.1, 0.15) is 0 Å². The van der Waals surface area contributed by atoms with E-state index in [0.717, 1.165) is 58.3 Å². The number of nitrogens with one attached hydrogen (secondary N) is 4. The lowest BCUT2D eigenvalue weighted by Gasteiger charge is -2.46. The van der Waals surface area contributed by atoms with Gasteiger partial charge in [0.25, 0.3) is 0 Å². The highest BCUT2D eigenvalue weighted by atomic mass is 16.2. The number of nitrogens with zero attached hydrogens (tertiary/aromatic N) is 3. The summed E-state index contributed by atoms with van der Waals surface area (Å²) in [5.41, 5.74) is 9.39. The lowest BCUT2D eigenvalue weighted by atomic mass is 9.71. The number of hydrogen-bond donors (Lipinski definition) is 5. The average Bonchev–Trinajstić information content (AvgIpc) is 3.43. The topological polar surface area (TPSA) is 101 Å². The molecule has 0 bridgehead atoms. The van der Waals surface area contributed by atoms with Crippen LogP contribution in [0, 0.1) is 23.7 Å². The number of nitrogens with two attached hydrogens (primary N) is 1. The number of likely N-dealkylation sites (N-methyl/N-ethyl adjacent to an activating group) is 2. The molecule has 196 valence electrons. The Kier molecular flexibility index (Phi) is 9.23. The summed E-state index contributed by atoms with van der Waals surface area (Å²) in [4.78, 5) is 18.2. The molecule has 1 saturated carbocycles. The third-order valence-electron chi connectivity index (χ3n) is 8.87. The van der Waals surface area contributed by atoms with Crippen molar-refractivity contribution in [3.8, 4) is 0 Å². The number of amides is 1. The Morgan fingerprint density at radius 1 is 1.24 bits per heavy atom. The van der Waals surface area contributed by atoms with Gasteiger partial charge in [-0.3, -0.25) is 20.4 Å². The van der Waals surface area contributed by atoms with E-state index in [0.29, 0.717) is 30.0 Å². The minimum atomic E-state index is 0.0625. The van der Waals surface area contributed by atoms with Crippen molar-refractivity contribution in [2.24, 2.45) is 29.4 Å². The van der Waals surface area contributed by atoms with Crippen molar-refractivity contribution >= 4 is 5.91 Å². The Morgan fingerprint density at radius 3 is 2.76 bits per heavy atom. The summed E-state index contributed by atoms with van der Waals surface area (Å²) in [6.45, 7) is 10.8. The minimum absolute atomic E-state index is 0.0625. The molecular formula is C25H50N8O. The van der Waals surface area contributed by atoms with Crippen LogP contribution in [0.3, 0.4) is 0 Å². The van der Waals surface area contributed by atoms with Crippen molar-refractivity contribution in [2.75, 3.05) is 60.0 Å². The van der Waals surface area contributed by atoms with E-state index in [-0.39, 0.29) is 18.0 Å². The van der Waals surface area contributed by atoms with Crippen LogP contribution in [-0.2, 0) is 4.79 Å². The maximum Gasteiger partial charge on any atom is 0.223 e. The maximum absolute atomic E-state index is 13.5. The van der Waals surface area contributed by atoms with Gasteiger partial charge in [-0.25, -0.2) is 5.01 Å². The quantitative estimate of drug-likeness (QED) is 0.311. The van der Waals surface area contributed by atoms with Crippen LogP contribution in [0.1, 0.15) is 46.0 Å². The van der Waals surface area contributed by atoms with E-state index in [1.54, 1.807) is 0 Å². The van der Waals surface area contributed by atoms with E-state index in [2.05, 4.69) is 64.1 Å². The van der Waals surface area contributed by atoms with Crippen molar-refractivity contribution in [1.82, 2.24) is 36.2 Å². The fourth-order valence-corrected chi connectivity index (χ4v) is 6.95. The van der Waals surface area contributed by atoms with E-state index >= 15 is 0 Å². The number of carbonyl (C=O) groups is 1. The zero-order valence-electron chi connectivity index (χ0n) is 21.9. The van der Waals surface area contributed by atoms with Gasteiger partial charge in [-0.1, -0.05) is 6.42 Å². The number of rotatable bonds is 9. The molecule has 7 unspecified atom stereocenters. The molecule has 4 rings (SSSR count). The van der Waals surface area contributed by atoms with Crippen LogP contribution in [0.2, 0.25) is 0 Å². The molecule has 0 radical (unpaired) electrons. The SMILES string of the molecule is CC(C)N1NCC2C(C(=O)NCC3CNCN3C)CC(C3CCCC(CN(C)CCN)C3)NC21. The Labute approximate surface area is 206 Å². The predicted octanol–water partition coefficient (Wildman–Crippen LogP) is -0.190. The Bertz CT molecular complexity index is 663. The van der Waals surface area contributed by atoms with E-state index in [9.17, 15) is 4.79 Å². The zero-order chi connectivity index (χ0) is 24.2. The molecule has 7 atom stereocenters. The van der Waals surface area contributed by atoms with Crippen LogP contribution in [-0.4, -0.2) is 105 Å². The maximum atomic E-state index is 13.5. The molecule has 3 aliphatic heterocycles. The monoisotopic (exact) mass is 478 g/mol. The molecule has 34 heavy (non-hydrogen) atoms. The number of carbonyl (C=O) groups excluding carboxylic acids is 1. The number of piperidine rings is 1. The van der Waals surface area contributed by atoms with Gasteiger partial charge >= 0.3 is 0 Å². The molecule has 0 aromatic heterocycles. The molecule has 4 aliphatic rings. The highest BCUT2D eigenvalue weighted by Crippen LogP contribution is 2.39. The van der Waals surface area contributed by atoms with Gasteiger partial charge in [-0.05, 0) is 65.5 Å². The van der Waals surface area contributed by atoms with E-state index in [1.807, 2.05) is 0 Å². The van der Waals surface area contributed by atoms with Gasteiger partial charge in [-0.15, -0.1) is 0 Å². The van der Waals surface area contributed by atoms with Crippen LogP contribution >= 0.6 is 0 Å². The van der Waals surface area contributed by atoms with Crippen LogP contribution in [0.5, 0.6) is 0 Å². The highest BCUT2D eigenvalue weighted by molar-refractivity contribution is 5.79. The summed E-state index contributed by atoms with van der Waals surface area (Å²) in [5, 5.41) is 13.1. The van der Waals surface area contributed by atoms with Crippen LogP contribution in [0.25, 0.3) is 0 Å². The first-order valence-corrected chi connectivity index (χ1v) is 13.7. The van der Waals surface area contributed by atoms with Gasteiger partial charge in [0, 0.05) is 75.9 Å². The third kappa shape index (κ3) is 6.11. The van der Waals surface area contributed by atoms with Crippen LogP contribution in [0.15, 0.2) is 0 Å². The second-order valence-corrected chi connectivity index (χ2v) is 11.7. The molecule has 9 nitrogen and oxygen atoms in total. The van der Waals surface area contributed by atoms with Gasteiger partial charge in [0.15, 0.2) is 0 Å². The molecule has 4 fully saturated rings. The van der Waals surface area contributed by atoms with Crippen LogP contribution in [0.4, 0.5) is 0 Å².